The molecule has 1 atom stereocenters. The minimum atomic E-state index is -1.81. The van der Waals surface area contributed by atoms with Gasteiger partial charge in [-0.3, -0.25) is 9.59 Å². The van der Waals surface area contributed by atoms with E-state index in [0.29, 0.717) is 11.3 Å². The number of aliphatic hydroxyl groups is 1. The molecule has 2 aromatic carbocycles. The van der Waals surface area contributed by atoms with Crippen LogP contribution in [-0.2, 0) is 15.2 Å². The minimum Gasteiger partial charge on any atom is -0.375 e. The highest BCUT2D eigenvalue weighted by Crippen LogP contribution is 2.43. The number of para-hydroxylation sites is 1. The van der Waals surface area contributed by atoms with Gasteiger partial charge in [0.25, 0.3) is 5.91 Å². The largest absolute Gasteiger partial charge is 0.375 e. The zero-order chi connectivity index (χ0) is 19.4. The topological polar surface area (TPSA) is 57.6 Å². The standard InChI is InChI=1S/C23H23NO3/c1-17(2)24-21-15-9-8-14-20(21)23(27,22(24)26)16-19(25)13-7-6-12-18-10-4-3-5-11-18/h3-15,17,27H,16H2,1-2H3/b12-6+,13-7+/t23-/m1/s1. The van der Waals surface area contributed by atoms with E-state index in [0.717, 1.165) is 5.56 Å². The number of anilines is 1. The van der Waals surface area contributed by atoms with Crippen molar-refractivity contribution < 1.29 is 14.7 Å². The van der Waals surface area contributed by atoms with Gasteiger partial charge in [0.05, 0.1) is 12.1 Å². The monoisotopic (exact) mass is 361 g/mol. The molecule has 1 amide bonds. The third kappa shape index (κ3) is 3.76. The highest BCUT2D eigenvalue weighted by molar-refractivity contribution is 6.10. The van der Waals surface area contributed by atoms with Crippen molar-refractivity contribution in [2.75, 3.05) is 4.90 Å². The number of amides is 1. The van der Waals surface area contributed by atoms with Crippen LogP contribution in [0.3, 0.4) is 0 Å². The minimum absolute atomic E-state index is 0.105. The van der Waals surface area contributed by atoms with Gasteiger partial charge >= 0.3 is 0 Å². The number of carbonyl (C=O) groups is 2. The van der Waals surface area contributed by atoms with Gasteiger partial charge in [-0.15, -0.1) is 0 Å². The van der Waals surface area contributed by atoms with Crippen molar-refractivity contribution in [2.45, 2.75) is 31.9 Å². The van der Waals surface area contributed by atoms with Crippen LogP contribution in [0.15, 0.2) is 72.8 Å². The molecule has 4 nitrogen and oxygen atoms in total. The van der Waals surface area contributed by atoms with Crippen LogP contribution in [0.25, 0.3) is 6.08 Å². The Morgan fingerprint density at radius 2 is 1.74 bits per heavy atom. The summed E-state index contributed by atoms with van der Waals surface area (Å²) in [6, 6.07) is 16.7. The number of benzene rings is 2. The maximum absolute atomic E-state index is 12.9. The average Bonchev–Trinajstić information content (AvgIpc) is 2.87. The number of ketones is 1. The summed E-state index contributed by atoms with van der Waals surface area (Å²) in [7, 11) is 0. The van der Waals surface area contributed by atoms with Gasteiger partial charge in [0.2, 0.25) is 0 Å². The molecule has 1 aliphatic heterocycles. The average molecular weight is 361 g/mol. The first kappa shape index (κ1) is 18.8. The fourth-order valence-electron chi connectivity index (χ4n) is 3.35. The van der Waals surface area contributed by atoms with E-state index in [1.54, 1.807) is 35.3 Å². The molecule has 1 heterocycles. The summed E-state index contributed by atoms with van der Waals surface area (Å²) in [4.78, 5) is 26.8. The molecule has 0 saturated carbocycles. The molecule has 2 aromatic rings. The van der Waals surface area contributed by atoms with Crippen molar-refractivity contribution in [1.82, 2.24) is 0 Å². The van der Waals surface area contributed by atoms with Crippen molar-refractivity contribution in [1.29, 1.82) is 0 Å². The molecule has 1 N–H and O–H groups in total. The molecule has 138 valence electrons. The van der Waals surface area contributed by atoms with E-state index < -0.39 is 11.5 Å². The van der Waals surface area contributed by atoms with Gasteiger partial charge in [-0.2, -0.15) is 0 Å². The molecule has 0 fully saturated rings. The smallest absolute Gasteiger partial charge is 0.264 e. The number of carbonyl (C=O) groups excluding carboxylic acids is 2. The molecule has 0 bridgehead atoms. The summed E-state index contributed by atoms with van der Waals surface area (Å²) in [5.41, 5.74) is 0.373. The number of rotatable bonds is 6. The Hall–Kier alpha value is -2.98. The lowest BCUT2D eigenvalue weighted by molar-refractivity contribution is -0.140. The molecule has 1 aliphatic rings. The van der Waals surface area contributed by atoms with Crippen molar-refractivity contribution >= 4 is 23.5 Å². The van der Waals surface area contributed by atoms with Gasteiger partial charge in [-0.25, -0.2) is 0 Å². The Morgan fingerprint density at radius 3 is 2.44 bits per heavy atom. The third-order valence-corrected chi connectivity index (χ3v) is 4.61. The zero-order valence-corrected chi connectivity index (χ0v) is 15.5. The summed E-state index contributed by atoms with van der Waals surface area (Å²) < 4.78 is 0. The van der Waals surface area contributed by atoms with Crippen molar-refractivity contribution in [3.05, 3.63) is 84.0 Å². The third-order valence-electron chi connectivity index (χ3n) is 4.61. The van der Waals surface area contributed by atoms with E-state index in [9.17, 15) is 14.7 Å². The van der Waals surface area contributed by atoms with Crippen LogP contribution in [-0.4, -0.2) is 22.8 Å². The molecule has 0 aromatic heterocycles. The summed E-state index contributed by atoms with van der Waals surface area (Å²) in [5.74, 6) is -0.746. The van der Waals surface area contributed by atoms with E-state index in [-0.39, 0.29) is 18.2 Å². The Morgan fingerprint density at radius 1 is 1.07 bits per heavy atom. The Labute approximate surface area is 159 Å². The van der Waals surface area contributed by atoms with Crippen LogP contribution in [0, 0.1) is 0 Å². The van der Waals surface area contributed by atoms with Crippen LogP contribution >= 0.6 is 0 Å². The van der Waals surface area contributed by atoms with Crippen molar-refractivity contribution in [3.8, 4) is 0 Å². The predicted octanol–water partition coefficient (Wildman–Crippen LogP) is 3.86. The van der Waals surface area contributed by atoms with Crippen LogP contribution in [0.5, 0.6) is 0 Å². The molecule has 0 radical (unpaired) electrons. The Balaban J connectivity index is 1.76. The quantitative estimate of drug-likeness (QED) is 0.628. The summed E-state index contributed by atoms with van der Waals surface area (Å²) in [6.45, 7) is 3.77. The predicted molar refractivity (Wildman–Crippen MR) is 107 cm³/mol. The van der Waals surface area contributed by atoms with E-state index in [2.05, 4.69) is 0 Å². The van der Waals surface area contributed by atoms with E-state index in [4.69, 9.17) is 0 Å². The zero-order valence-electron chi connectivity index (χ0n) is 15.5. The fraction of sp³-hybridized carbons (Fsp3) is 0.217. The maximum Gasteiger partial charge on any atom is 0.264 e. The molecule has 27 heavy (non-hydrogen) atoms. The lowest BCUT2D eigenvalue weighted by Crippen LogP contribution is -2.44. The second-order valence-corrected chi connectivity index (χ2v) is 6.92. The fourth-order valence-corrected chi connectivity index (χ4v) is 3.35. The molecular weight excluding hydrogens is 338 g/mol. The van der Waals surface area contributed by atoms with Crippen LogP contribution < -0.4 is 4.90 Å². The molecule has 0 aliphatic carbocycles. The first-order chi connectivity index (χ1) is 12.9. The molecule has 4 heteroatoms. The van der Waals surface area contributed by atoms with Crippen molar-refractivity contribution in [3.63, 3.8) is 0 Å². The van der Waals surface area contributed by atoms with Crippen LogP contribution in [0.4, 0.5) is 5.69 Å². The van der Waals surface area contributed by atoms with Crippen molar-refractivity contribution in [2.24, 2.45) is 0 Å². The molecule has 0 spiro atoms. The van der Waals surface area contributed by atoms with E-state index >= 15 is 0 Å². The second-order valence-electron chi connectivity index (χ2n) is 6.92. The molecule has 0 saturated heterocycles. The van der Waals surface area contributed by atoms with Gasteiger partial charge in [0, 0.05) is 11.6 Å². The van der Waals surface area contributed by atoms with Gasteiger partial charge in [-0.1, -0.05) is 66.8 Å². The summed E-state index contributed by atoms with van der Waals surface area (Å²) in [5, 5.41) is 11.1. The van der Waals surface area contributed by atoms with E-state index in [1.807, 2.05) is 56.3 Å². The first-order valence-electron chi connectivity index (χ1n) is 9.01. The molecular formula is C23H23NO3. The summed E-state index contributed by atoms with van der Waals surface area (Å²) in [6.07, 6.45) is 6.40. The van der Waals surface area contributed by atoms with Crippen LogP contribution in [0.2, 0.25) is 0 Å². The second kappa shape index (κ2) is 7.72. The van der Waals surface area contributed by atoms with Crippen LogP contribution in [0.1, 0.15) is 31.4 Å². The van der Waals surface area contributed by atoms with E-state index in [1.165, 1.54) is 6.08 Å². The number of hydrogen-bond acceptors (Lipinski definition) is 3. The SMILES string of the molecule is CC(C)N1C(=O)[C@@](O)(CC(=O)/C=C/C=C/c2ccccc2)c2ccccc21. The maximum atomic E-state index is 12.9. The molecule has 0 unspecified atom stereocenters. The van der Waals surface area contributed by atoms with Gasteiger partial charge in [-0.05, 0) is 31.6 Å². The lowest BCUT2D eigenvalue weighted by atomic mass is 9.90. The number of nitrogens with zero attached hydrogens (tertiary/aromatic N) is 1. The number of fused-ring (bicyclic) bond motifs is 1. The van der Waals surface area contributed by atoms with Gasteiger partial charge in [0.1, 0.15) is 0 Å². The normalized spacial score (nSPS) is 19.4. The van der Waals surface area contributed by atoms with Gasteiger partial charge in [0.15, 0.2) is 11.4 Å². The summed E-state index contributed by atoms with van der Waals surface area (Å²) >= 11 is 0. The Bertz CT molecular complexity index is 899. The number of allylic oxidation sites excluding steroid dienone is 3. The van der Waals surface area contributed by atoms with Gasteiger partial charge < -0.3 is 10.0 Å². The first-order valence-corrected chi connectivity index (χ1v) is 9.01. The number of hydrogen-bond donors (Lipinski definition) is 1. The highest BCUT2D eigenvalue weighted by Gasteiger charge is 2.51. The highest BCUT2D eigenvalue weighted by atomic mass is 16.3. The lowest BCUT2D eigenvalue weighted by Gasteiger charge is -2.25. The molecule has 3 rings (SSSR count). The Kier molecular flexibility index (Phi) is 5.38.